The normalized spacial score (nSPS) is 42.9. The number of aliphatic hydroxyl groups excluding tert-OH is 1. The van der Waals surface area contributed by atoms with Gasteiger partial charge in [0, 0.05) is 0 Å². The standard InChI is InChI=1S/C10H13NO4/c12-4-3-11-9(13)7-5-1-2-6(15-5)8(7)10(11)14/h5-8,12H,1-4H2/t5-,6+,7-,8-/m1/s1. The molecule has 4 atom stereocenters. The maximum atomic E-state index is 11.9. The Morgan fingerprint density at radius 3 is 2.20 bits per heavy atom. The molecule has 5 nitrogen and oxygen atoms in total. The largest absolute Gasteiger partial charge is 0.395 e. The average molecular weight is 211 g/mol. The molecule has 5 heteroatoms. The van der Waals surface area contributed by atoms with Crippen molar-refractivity contribution in [3.05, 3.63) is 0 Å². The predicted molar refractivity (Wildman–Crippen MR) is 48.7 cm³/mol. The second-order valence-electron chi connectivity index (χ2n) is 4.39. The van der Waals surface area contributed by atoms with Crippen LogP contribution < -0.4 is 0 Å². The highest BCUT2D eigenvalue weighted by Crippen LogP contribution is 2.48. The van der Waals surface area contributed by atoms with Crippen LogP contribution in [0.1, 0.15) is 12.8 Å². The quantitative estimate of drug-likeness (QED) is 0.604. The summed E-state index contributed by atoms with van der Waals surface area (Å²) < 4.78 is 5.58. The number of carbonyl (C=O) groups excluding carboxylic acids is 2. The number of aliphatic hydroxyl groups is 1. The zero-order valence-electron chi connectivity index (χ0n) is 8.26. The Kier molecular flexibility index (Phi) is 1.87. The van der Waals surface area contributed by atoms with E-state index in [0.717, 1.165) is 12.8 Å². The highest BCUT2D eigenvalue weighted by molar-refractivity contribution is 6.06. The molecule has 0 spiro atoms. The Hall–Kier alpha value is -0.940. The summed E-state index contributed by atoms with van der Waals surface area (Å²) in [6.45, 7) is -0.0305. The van der Waals surface area contributed by atoms with Crippen molar-refractivity contribution in [3.63, 3.8) is 0 Å². The van der Waals surface area contributed by atoms with Crippen LogP contribution in [0.5, 0.6) is 0 Å². The molecule has 0 radical (unpaired) electrons. The Labute approximate surface area is 87.0 Å². The van der Waals surface area contributed by atoms with Crippen molar-refractivity contribution in [2.45, 2.75) is 25.0 Å². The van der Waals surface area contributed by atoms with Crippen molar-refractivity contribution < 1.29 is 19.4 Å². The smallest absolute Gasteiger partial charge is 0.235 e. The minimum absolute atomic E-state index is 0.0554. The van der Waals surface area contributed by atoms with E-state index < -0.39 is 0 Å². The summed E-state index contributed by atoms with van der Waals surface area (Å²) in [5.41, 5.74) is 0. The lowest BCUT2D eigenvalue weighted by molar-refractivity contribution is -0.143. The van der Waals surface area contributed by atoms with E-state index >= 15 is 0 Å². The molecule has 0 aromatic rings. The number of fused-ring (bicyclic) bond motifs is 5. The van der Waals surface area contributed by atoms with Gasteiger partial charge in [-0.15, -0.1) is 0 Å². The van der Waals surface area contributed by atoms with E-state index in [-0.39, 0.29) is 49.0 Å². The van der Waals surface area contributed by atoms with E-state index in [4.69, 9.17) is 9.84 Å². The molecule has 3 fully saturated rings. The molecule has 2 bridgehead atoms. The minimum atomic E-state index is -0.261. The summed E-state index contributed by atoms with van der Waals surface area (Å²) in [6.07, 6.45) is 1.66. The van der Waals surface area contributed by atoms with Gasteiger partial charge < -0.3 is 9.84 Å². The van der Waals surface area contributed by atoms with Crippen molar-refractivity contribution in [1.29, 1.82) is 0 Å². The van der Waals surface area contributed by atoms with Gasteiger partial charge in [0.15, 0.2) is 0 Å². The first-order valence-corrected chi connectivity index (χ1v) is 5.35. The molecule has 1 N–H and O–H groups in total. The topological polar surface area (TPSA) is 66.8 Å². The lowest BCUT2D eigenvalue weighted by Gasteiger charge is -2.15. The molecular formula is C10H13NO4. The Morgan fingerprint density at radius 1 is 1.20 bits per heavy atom. The van der Waals surface area contributed by atoms with Crippen LogP contribution in [0.25, 0.3) is 0 Å². The fourth-order valence-electron chi connectivity index (χ4n) is 3.09. The Morgan fingerprint density at radius 2 is 1.73 bits per heavy atom. The van der Waals surface area contributed by atoms with Crippen molar-refractivity contribution in [3.8, 4) is 0 Å². The fourth-order valence-corrected chi connectivity index (χ4v) is 3.09. The summed E-state index contributed by atoms with van der Waals surface area (Å²) in [6, 6.07) is 0. The maximum Gasteiger partial charge on any atom is 0.235 e. The van der Waals surface area contributed by atoms with Gasteiger partial charge in [0.25, 0.3) is 0 Å². The van der Waals surface area contributed by atoms with Crippen LogP contribution in [0.3, 0.4) is 0 Å². The van der Waals surface area contributed by atoms with Gasteiger partial charge in [-0.2, -0.15) is 0 Å². The number of hydrogen-bond acceptors (Lipinski definition) is 4. The molecule has 82 valence electrons. The molecule has 3 aliphatic rings. The third kappa shape index (κ3) is 1.05. The first kappa shape index (κ1) is 9.30. The molecule has 3 rings (SSSR count). The van der Waals surface area contributed by atoms with Gasteiger partial charge in [-0.3, -0.25) is 14.5 Å². The number of hydrogen-bond donors (Lipinski definition) is 1. The van der Waals surface area contributed by atoms with Crippen LogP contribution in [0.2, 0.25) is 0 Å². The molecule has 0 aromatic carbocycles. The lowest BCUT2D eigenvalue weighted by atomic mass is 9.81. The first-order valence-electron chi connectivity index (χ1n) is 5.35. The lowest BCUT2D eigenvalue weighted by Crippen LogP contribution is -2.36. The molecule has 0 unspecified atom stereocenters. The van der Waals surface area contributed by atoms with E-state index in [1.54, 1.807) is 0 Å². The van der Waals surface area contributed by atoms with E-state index in [9.17, 15) is 9.59 Å². The molecule has 0 saturated carbocycles. The summed E-state index contributed by atoms with van der Waals surface area (Å²) >= 11 is 0. The molecule has 3 aliphatic heterocycles. The van der Waals surface area contributed by atoms with Crippen molar-refractivity contribution in [1.82, 2.24) is 4.90 Å². The van der Waals surface area contributed by atoms with Crippen LogP contribution in [-0.4, -0.2) is 47.2 Å². The van der Waals surface area contributed by atoms with Gasteiger partial charge in [-0.25, -0.2) is 0 Å². The van der Waals surface area contributed by atoms with Crippen molar-refractivity contribution in [2.24, 2.45) is 11.8 Å². The second-order valence-corrected chi connectivity index (χ2v) is 4.39. The SMILES string of the molecule is O=C1[C@H]2[C@H](C(=O)N1CCO)[C@H]1CC[C@@H]2O1. The van der Waals surface area contributed by atoms with E-state index in [2.05, 4.69) is 0 Å². The molecule has 3 heterocycles. The zero-order chi connectivity index (χ0) is 10.6. The van der Waals surface area contributed by atoms with E-state index in [1.165, 1.54) is 4.90 Å². The molecule has 15 heavy (non-hydrogen) atoms. The van der Waals surface area contributed by atoms with Gasteiger partial charge in [0.05, 0.1) is 37.2 Å². The third-order valence-electron chi connectivity index (χ3n) is 3.70. The van der Waals surface area contributed by atoms with Gasteiger partial charge in [0.1, 0.15) is 0 Å². The van der Waals surface area contributed by atoms with Gasteiger partial charge >= 0.3 is 0 Å². The molecule has 0 aliphatic carbocycles. The number of carbonyl (C=O) groups is 2. The zero-order valence-corrected chi connectivity index (χ0v) is 8.26. The number of likely N-dealkylation sites (tertiary alicyclic amines) is 1. The highest BCUT2D eigenvalue weighted by Gasteiger charge is 2.62. The number of nitrogens with zero attached hydrogens (tertiary/aromatic N) is 1. The molecule has 2 amide bonds. The third-order valence-corrected chi connectivity index (χ3v) is 3.70. The van der Waals surface area contributed by atoms with Crippen LogP contribution in [-0.2, 0) is 14.3 Å². The second kappa shape index (κ2) is 3.02. The van der Waals surface area contributed by atoms with Crippen LogP contribution in [0, 0.1) is 11.8 Å². The minimum Gasteiger partial charge on any atom is -0.395 e. The van der Waals surface area contributed by atoms with E-state index in [0.29, 0.717) is 0 Å². The number of ether oxygens (including phenoxy) is 1. The number of β-amino-alcohol motifs (C(OH)–C–C–N with tert-alkyl or cyclic N) is 1. The van der Waals surface area contributed by atoms with Crippen LogP contribution in [0.15, 0.2) is 0 Å². The Bertz CT molecular complexity index is 301. The summed E-state index contributed by atoms with van der Waals surface area (Å²) in [4.78, 5) is 25.0. The summed E-state index contributed by atoms with van der Waals surface area (Å²) in [5.74, 6) is -0.817. The summed E-state index contributed by atoms with van der Waals surface area (Å²) in [5, 5.41) is 8.80. The monoisotopic (exact) mass is 211 g/mol. The molecular weight excluding hydrogens is 198 g/mol. The van der Waals surface area contributed by atoms with Crippen LogP contribution >= 0.6 is 0 Å². The average Bonchev–Trinajstić information content (AvgIpc) is 2.87. The van der Waals surface area contributed by atoms with Crippen LogP contribution in [0.4, 0.5) is 0 Å². The fraction of sp³-hybridized carbons (Fsp3) is 0.800. The number of amides is 2. The molecule has 3 saturated heterocycles. The highest BCUT2D eigenvalue weighted by atomic mass is 16.5. The number of rotatable bonds is 2. The molecule has 0 aromatic heterocycles. The van der Waals surface area contributed by atoms with Crippen molar-refractivity contribution >= 4 is 11.8 Å². The Balaban J connectivity index is 1.90. The van der Waals surface area contributed by atoms with E-state index in [1.807, 2.05) is 0 Å². The van der Waals surface area contributed by atoms with Gasteiger partial charge in [0.2, 0.25) is 11.8 Å². The summed E-state index contributed by atoms with van der Waals surface area (Å²) in [7, 11) is 0. The maximum absolute atomic E-state index is 11.9. The van der Waals surface area contributed by atoms with Crippen molar-refractivity contribution in [2.75, 3.05) is 13.2 Å². The first-order chi connectivity index (χ1) is 7.24. The predicted octanol–water partition coefficient (Wildman–Crippen LogP) is -0.859. The van der Waals surface area contributed by atoms with Gasteiger partial charge in [-0.05, 0) is 12.8 Å². The number of imide groups is 1. The van der Waals surface area contributed by atoms with Gasteiger partial charge in [-0.1, -0.05) is 0 Å².